The number of aryl methyl sites for hydroxylation is 1. The molecule has 0 spiro atoms. The van der Waals surface area contributed by atoms with Crippen molar-refractivity contribution in [3.8, 4) is 5.69 Å². The van der Waals surface area contributed by atoms with E-state index in [0.717, 1.165) is 48.2 Å². The van der Waals surface area contributed by atoms with Crippen LogP contribution in [0.2, 0.25) is 0 Å². The summed E-state index contributed by atoms with van der Waals surface area (Å²) in [5, 5.41) is 12.7. The summed E-state index contributed by atoms with van der Waals surface area (Å²) in [6.45, 7) is 1.97. The van der Waals surface area contributed by atoms with Crippen LogP contribution < -0.4 is 5.32 Å². The molecule has 1 aliphatic carbocycles. The third-order valence-corrected chi connectivity index (χ3v) is 5.13. The Labute approximate surface area is 152 Å². The minimum atomic E-state index is -0.218. The summed E-state index contributed by atoms with van der Waals surface area (Å²) < 4.78 is 2.10. The Morgan fingerprint density at radius 1 is 1.12 bits per heavy atom. The molecule has 0 unspecified atom stereocenters. The number of fused-ring (bicyclic) bond motifs is 1. The van der Waals surface area contributed by atoms with E-state index in [1.165, 1.54) is 0 Å². The van der Waals surface area contributed by atoms with Crippen molar-refractivity contribution in [1.29, 1.82) is 0 Å². The zero-order valence-corrected chi connectivity index (χ0v) is 14.9. The Balaban J connectivity index is 1.59. The highest BCUT2D eigenvalue weighted by Crippen LogP contribution is 2.23. The summed E-state index contributed by atoms with van der Waals surface area (Å²) in [6.07, 6.45) is 2.95. The normalized spacial score (nSPS) is 20.2. The van der Waals surface area contributed by atoms with Crippen LogP contribution in [0.1, 0.15) is 41.9 Å². The molecule has 134 valence electrons. The summed E-state index contributed by atoms with van der Waals surface area (Å²) in [5.41, 5.74) is 3.50. The third-order valence-electron chi connectivity index (χ3n) is 5.13. The second-order valence-electron chi connectivity index (χ2n) is 7.01. The number of amides is 1. The predicted octanol–water partition coefficient (Wildman–Crippen LogP) is 3.37. The molecule has 1 aromatic heterocycles. The SMILES string of the molecule is Cc1nc2cc(C(=O)NC3CCC(O)CC3)ccc2n1-c1ccccc1. The molecular weight excluding hydrogens is 326 g/mol. The van der Waals surface area contributed by atoms with Crippen LogP contribution in [-0.2, 0) is 0 Å². The van der Waals surface area contributed by atoms with Gasteiger partial charge in [0.05, 0.1) is 17.1 Å². The van der Waals surface area contributed by atoms with Crippen LogP contribution in [0.25, 0.3) is 16.7 Å². The quantitative estimate of drug-likeness (QED) is 0.762. The molecule has 0 radical (unpaired) electrons. The maximum atomic E-state index is 12.6. The van der Waals surface area contributed by atoms with Gasteiger partial charge in [-0.15, -0.1) is 0 Å². The molecule has 1 saturated carbocycles. The lowest BCUT2D eigenvalue weighted by molar-refractivity contribution is 0.0868. The second-order valence-corrected chi connectivity index (χ2v) is 7.01. The number of nitrogens with one attached hydrogen (secondary N) is 1. The van der Waals surface area contributed by atoms with E-state index in [2.05, 4.69) is 14.9 Å². The zero-order chi connectivity index (χ0) is 18.1. The molecule has 4 rings (SSSR count). The van der Waals surface area contributed by atoms with Gasteiger partial charge in [-0.2, -0.15) is 0 Å². The summed E-state index contributed by atoms with van der Waals surface area (Å²) in [7, 11) is 0. The Hall–Kier alpha value is -2.66. The summed E-state index contributed by atoms with van der Waals surface area (Å²) in [6, 6.07) is 15.9. The molecule has 5 nitrogen and oxygen atoms in total. The standard InChI is InChI=1S/C21H23N3O2/c1-14-22-19-13-15(21(26)23-16-8-10-18(25)11-9-16)7-12-20(19)24(14)17-5-3-2-4-6-17/h2-7,12-13,16,18,25H,8-11H2,1H3,(H,23,26). The molecule has 1 aliphatic rings. The van der Waals surface area contributed by atoms with Crippen molar-refractivity contribution < 1.29 is 9.90 Å². The van der Waals surface area contributed by atoms with Crippen molar-refractivity contribution in [2.24, 2.45) is 0 Å². The maximum Gasteiger partial charge on any atom is 0.251 e. The van der Waals surface area contributed by atoms with Crippen LogP contribution in [0.15, 0.2) is 48.5 Å². The van der Waals surface area contributed by atoms with E-state index < -0.39 is 0 Å². The fraction of sp³-hybridized carbons (Fsp3) is 0.333. The summed E-state index contributed by atoms with van der Waals surface area (Å²) in [5.74, 6) is 0.824. The number of para-hydroxylation sites is 1. The van der Waals surface area contributed by atoms with Crippen molar-refractivity contribution in [3.63, 3.8) is 0 Å². The Morgan fingerprint density at radius 3 is 2.58 bits per heavy atom. The molecule has 5 heteroatoms. The molecule has 1 amide bonds. The fourth-order valence-electron chi connectivity index (χ4n) is 3.73. The molecule has 0 aliphatic heterocycles. The fourth-order valence-corrected chi connectivity index (χ4v) is 3.73. The van der Waals surface area contributed by atoms with Gasteiger partial charge in [-0.1, -0.05) is 18.2 Å². The molecule has 0 atom stereocenters. The van der Waals surface area contributed by atoms with Gasteiger partial charge >= 0.3 is 0 Å². The van der Waals surface area contributed by atoms with Crippen molar-refractivity contribution in [2.45, 2.75) is 44.8 Å². The van der Waals surface area contributed by atoms with Crippen LogP contribution in [0, 0.1) is 6.92 Å². The van der Waals surface area contributed by atoms with Crippen molar-refractivity contribution in [3.05, 3.63) is 59.9 Å². The molecule has 0 saturated heterocycles. The van der Waals surface area contributed by atoms with Gasteiger partial charge in [0.2, 0.25) is 0 Å². The Morgan fingerprint density at radius 2 is 1.85 bits per heavy atom. The van der Waals surface area contributed by atoms with E-state index in [9.17, 15) is 9.90 Å². The van der Waals surface area contributed by atoms with E-state index in [1.54, 1.807) is 0 Å². The smallest absolute Gasteiger partial charge is 0.251 e. The maximum absolute atomic E-state index is 12.6. The summed E-state index contributed by atoms with van der Waals surface area (Å²) in [4.78, 5) is 17.2. The average Bonchev–Trinajstić information content (AvgIpc) is 2.99. The van der Waals surface area contributed by atoms with Crippen molar-refractivity contribution in [2.75, 3.05) is 0 Å². The first-order valence-corrected chi connectivity index (χ1v) is 9.15. The lowest BCUT2D eigenvalue weighted by Gasteiger charge is -2.26. The first-order valence-electron chi connectivity index (χ1n) is 9.15. The third kappa shape index (κ3) is 3.22. The van der Waals surface area contributed by atoms with E-state index >= 15 is 0 Å². The molecule has 2 aromatic carbocycles. The highest BCUT2D eigenvalue weighted by atomic mass is 16.3. The van der Waals surface area contributed by atoms with Gasteiger partial charge in [-0.3, -0.25) is 9.36 Å². The number of aliphatic hydroxyl groups is 1. The minimum absolute atomic E-state index is 0.0693. The highest BCUT2D eigenvalue weighted by molar-refractivity contribution is 5.97. The first kappa shape index (κ1) is 16.8. The van der Waals surface area contributed by atoms with Crippen molar-refractivity contribution >= 4 is 16.9 Å². The minimum Gasteiger partial charge on any atom is -0.393 e. The Kier molecular flexibility index (Phi) is 4.47. The number of carbonyl (C=O) groups excluding carboxylic acids is 1. The number of imidazole rings is 1. The number of aliphatic hydroxyl groups excluding tert-OH is 1. The number of rotatable bonds is 3. The van der Waals surface area contributed by atoms with Gasteiger partial charge in [0, 0.05) is 17.3 Å². The average molecular weight is 349 g/mol. The topological polar surface area (TPSA) is 67.2 Å². The summed E-state index contributed by atoms with van der Waals surface area (Å²) >= 11 is 0. The lowest BCUT2D eigenvalue weighted by Crippen LogP contribution is -2.38. The number of hydrogen-bond donors (Lipinski definition) is 2. The van der Waals surface area contributed by atoms with Gasteiger partial charge in [0.1, 0.15) is 5.82 Å². The van der Waals surface area contributed by atoms with Gasteiger partial charge in [0.25, 0.3) is 5.91 Å². The first-order chi connectivity index (χ1) is 12.6. The van der Waals surface area contributed by atoms with Gasteiger partial charge in [-0.05, 0) is 62.9 Å². The van der Waals surface area contributed by atoms with Crippen LogP contribution >= 0.6 is 0 Å². The monoisotopic (exact) mass is 349 g/mol. The largest absolute Gasteiger partial charge is 0.393 e. The van der Waals surface area contributed by atoms with Gasteiger partial charge in [0.15, 0.2) is 0 Å². The van der Waals surface area contributed by atoms with E-state index in [1.807, 2.05) is 55.5 Å². The van der Waals surface area contributed by atoms with E-state index in [4.69, 9.17) is 0 Å². The van der Waals surface area contributed by atoms with Crippen LogP contribution in [0.3, 0.4) is 0 Å². The van der Waals surface area contributed by atoms with Crippen LogP contribution in [0.5, 0.6) is 0 Å². The van der Waals surface area contributed by atoms with Crippen LogP contribution in [0.4, 0.5) is 0 Å². The van der Waals surface area contributed by atoms with Gasteiger partial charge < -0.3 is 10.4 Å². The van der Waals surface area contributed by atoms with E-state index in [0.29, 0.717) is 5.56 Å². The molecule has 3 aromatic rings. The highest BCUT2D eigenvalue weighted by Gasteiger charge is 2.21. The number of benzene rings is 2. The number of hydrogen-bond acceptors (Lipinski definition) is 3. The Bertz CT molecular complexity index is 925. The molecule has 2 N–H and O–H groups in total. The second kappa shape index (κ2) is 6.92. The number of nitrogens with zero attached hydrogens (tertiary/aromatic N) is 2. The number of aromatic nitrogens is 2. The molecular formula is C21H23N3O2. The van der Waals surface area contributed by atoms with Gasteiger partial charge in [-0.25, -0.2) is 4.98 Å². The number of carbonyl (C=O) groups is 1. The van der Waals surface area contributed by atoms with E-state index in [-0.39, 0.29) is 18.1 Å². The molecule has 0 bridgehead atoms. The van der Waals surface area contributed by atoms with Crippen molar-refractivity contribution in [1.82, 2.24) is 14.9 Å². The molecule has 1 fully saturated rings. The predicted molar refractivity (Wildman–Crippen MR) is 102 cm³/mol. The lowest BCUT2D eigenvalue weighted by atomic mass is 9.93. The molecule has 1 heterocycles. The zero-order valence-electron chi connectivity index (χ0n) is 14.9. The molecule has 26 heavy (non-hydrogen) atoms. The van der Waals surface area contributed by atoms with Crippen LogP contribution in [-0.4, -0.2) is 32.7 Å².